The molecule has 1 N–H and O–H groups in total. The molecular formula is C16H23N3OS. The monoisotopic (exact) mass is 305 g/mol. The smallest absolute Gasteiger partial charge is 0.262 e. The minimum absolute atomic E-state index is 0.0266. The highest BCUT2D eigenvalue weighted by molar-refractivity contribution is 7.18. The van der Waals surface area contributed by atoms with Gasteiger partial charge in [0, 0.05) is 23.5 Å². The van der Waals surface area contributed by atoms with Crippen LogP contribution in [0.3, 0.4) is 0 Å². The zero-order valence-electron chi connectivity index (χ0n) is 13.4. The van der Waals surface area contributed by atoms with E-state index in [0.29, 0.717) is 13.1 Å². The van der Waals surface area contributed by atoms with Crippen LogP contribution in [-0.2, 0) is 6.54 Å². The van der Waals surface area contributed by atoms with Crippen LogP contribution in [-0.4, -0.2) is 21.6 Å². The van der Waals surface area contributed by atoms with E-state index in [9.17, 15) is 4.79 Å². The number of aryl methyl sites for hydroxylation is 2. The van der Waals surface area contributed by atoms with Gasteiger partial charge in [0.25, 0.3) is 5.56 Å². The van der Waals surface area contributed by atoms with E-state index < -0.39 is 0 Å². The molecule has 2 aromatic rings. The topological polar surface area (TPSA) is 46.9 Å². The molecular weight excluding hydrogens is 282 g/mol. The van der Waals surface area contributed by atoms with Crippen LogP contribution in [0.1, 0.15) is 31.2 Å². The summed E-state index contributed by atoms with van der Waals surface area (Å²) in [6.45, 7) is 15.6. The Morgan fingerprint density at radius 1 is 1.43 bits per heavy atom. The molecule has 5 heteroatoms. The van der Waals surface area contributed by atoms with Gasteiger partial charge in [0.05, 0.1) is 11.7 Å². The van der Waals surface area contributed by atoms with Gasteiger partial charge in [-0.1, -0.05) is 6.58 Å². The molecule has 2 heterocycles. The zero-order valence-corrected chi connectivity index (χ0v) is 14.2. The van der Waals surface area contributed by atoms with Crippen LogP contribution < -0.4 is 10.9 Å². The molecule has 0 fully saturated rings. The number of hydrogen-bond donors (Lipinski definition) is 1. The summed E-state index contributed by atoms with van der Waals surface area (Å²) in [6.07, 6.45) is 1.63. The summed E-state index contributed by atoms with van der Waals surface area (Å²) < 4.78 is 1.65. The predicted molar refractivity (Wildman–Crippen MR) is 90.2 cm³/mol. The van der Waals surface area contributed by atoms with E-state index in [-0.39, 0.29) is 11.1 Å². The van der Waals surface area contributed by atoms with Crippen molar-refractivity contribution in [3.63, 3.8) is 0 Å². The Morgan fingerprint density at radius 3 is 2.71 bits per heavy atom. The minimum Gasteiger partial charge on any atom is -0.308 e. The van der Waals surface area contributed by atoms with E-state index in [0.717, 1.165) is 26.2 Å². The van der Waals surface area contributed by atoms with Crippen LogP contribution in [0.15, 0.2) is 23.3 Å². The molecule has 0 aromatic carbocycles. The zero-order chi connectivity index (χ0) is 15.8. The van der Waals surface area contributed by atoms with Gasteiger partial charge in [0.2, 0.25) is 0 Å². The van der Waals surface area contributed by atoms with Gasteiger partial charge in [-0.3, -0.25) is 9.36 Å². The highest BCUT2D eigenvalue weighted by Gasteiger charge is 2.13. The van der Waals surface area contributed by atoms with Gasteiger partial charge >= 0.3 is 0 Å². The standard InChI is InChI=1S/C16H23N3OS/c1-10(7-18-16(4,5)6)8-19-9-17-14-13(15(19)20)11(2)12(3)21-14/h9,18H,1,7-8H2,2-6H3. The Bertz CT molecular complexity index is 734. The normalized spacial score (nSPS) is 12.0. The third kappa shape index (κ3) is 3.60. The molecule has 0 aliphatic rings. The van der Waals surface area contributed by atoms with Gasteiger partial charge < -0.3 is 5.32 Å². The van der Waals surface area contributed by atoms with Crippen LogP contribution in [0.2, 0.25) is 0 Å². The second-order valence-corrected chi connectivity index (χ2v) is 7.70. The van der Waals surface area contributed by atoms with E-state index in [1.54, 1.807) is 22.2 Å². The molecule has 0 saturated heterocycles. The highest BCUT2D eigenvalue weighted by atomic mass is 32.1. The SMILES string of the molecule is C=C(CNC(C)(C)C)Cn1cnc2sc(C)c(C)c2c1=O. The average Bonchev–Trinajstić information content (AvgIpc) is 2.66. The maximum atomic E-state index is 12.6. The lowest BCUT2D eigenvalue weighted by Gasteiger charge is -2.21. The van der Waals surface area contributed by atoms with Crippen molar-refractivity contribution in [2.75, 3.05) is 6.54 Å². The van der Waals surface area contributed by atoms with E-state index in [4.69, 9.17) is 0 Å². The average molecular weight is 305 g/mol. The first-order chi connectivity index (χ1) is 9.69. The lowest BCUT2D eigenvalue weighted by molar-refractivity contribution is 0.440. The Hall–Kier alpha value is -1.46. The van der Waals surface area contributed by atoms with Gasteiger partial charge in [0.15, 0.2) is 0 Å². The number of nitrogens with one attached hydrogen (secondary N) is 1. The number of hydrogen-bond acceptors (Lipinski definition) is 4. The molecule has 2 aromatic heterocycles. The number of thiophene rings is 1. The molecule has 0 saturated carbocycles. The fourth-order valence-electron chi connectivity index (χ4n) is 2.07. The summed E-state index contributed by atoms with van der Waals surface area (Å²) >= 11 is 1.57. The molecule has 0 radical (unpaired) electrons. The van der Waals surface area contributed by atoms with Crippen LogP contribution in [0.25, 0.3) is 10.2 Å². The molecule has 0 bridgehead atoms. The molecule has 0 amide bonds. The summed E-state index contributed by atoms with van der Waals surface area (Å²) in [6, 6.07) is 0. The lowest BCUT2D eigenvalue weighted by Crippen LogP contribution is -2.37. The maximum absolute atomic E-state index is 12.6. The summed E-state index contributed by atoms with van der Waals surface area (Å²) in [5.74, 6) is 0. The molecule has 0 aliphatic carbocycles. The lowest BCUT2D eigenvalue weighted by atomic mass is 10.1. The Balaban J connectivity index is 2.23. The first kappa shape index (κ1) is 15.9. The van der Waals surface area contributed by atoms with E-state index in [1.807, 2.05) is 13.8 Å². The third-order valence-corrected chi connectivity index (χ3v) is 4.53. The van der Waals surface area contributed by atoms with Crippen molar-refractivity contribution in [1.29, 1.82) is 0 Å². The third-order valence-electron chi connectivity index (χ3n) is 3.42. The number of rotatable bonds is 4. The van der Waals surface area contributed by atoms with Gasteiger partial charge in [-0.2, -0.15) is 0 Å². The highest BCUT2D eigenvalue weighted by Crippen LogP contribution is 2.25. The molecule has 0 spiro atoms. The van der Waals surface area contributed by atoms with Crippen molar-refractivity contribution >= 4 is 21.6 Å². The van der Waals surface area contributed by atoms with Crippen LogP contribution in [0.4, 0.5) is 0 Å². The molecule has 0 aliphatic heterocycles. The van der Waals surface area contributed by atoms with Gasteiger partial charge in [-0.25, -0.2) is 4.98 Å². The van der Waals surface area contributed by atoms with Gasteiger partial charge in [0.1, 0.15) is 4.83 Å². The number of aromatic nitrogens is 2. The van der Waals surface area contributed by atoms with E-state index in [2.05, 4.69) is 37.7 Å². The quantitative estimate of drug-likeness (QED) is 0.883. The van der Waals surface area contributed by atoms with Crippen molar-refractivity contribution in [2.45, 2.75) is 46.7 Å². The van der Waals surface area contributed by atoms with Gasteiger partial charge in [-0.15, -0.1) is 11.3 Å². The summed E-state index contributed by atoms with van der Waals surface area (Å²) in [4.78, 5) is 19.0. The largest absolute Gasteiger partial charge is 0.308 e. The van der Waals surface area contributed by atoms with Crippen LogP contribution in [0, 0.1) is 13.8 Å². The number of fused-ring (bicyclic) bond motifs is 1. The van der Waals surface area contributed by atoms with Crippen LogP contribution >= 0.6 is 11.3 Å². The molecule has 21 heavy (non-hydrogen) atoms. The first-order valence-electron chi connectivity index (χ1n) is 7.06. The molecule has 0 unspecified atom stereocenters. The molecule has 0 atom stereocenters. The van der Waals surface area contributed by atoms with Gasteiger partial charge in [-0.05, 0) is 45.8 Å². The summed E-state index contributed by atoms with van der Waals surface area (Å²) in [7, 11) is 0. The maximum Gasteiger partial charge on any atom is 0.262 e. The van der Waals surface area contributed by atoms with Crippen molar-refractivity contribution in [2.24, 2.45) is 0 Å². The first-order valence-corrected chi connectivity index (χ1v) is 7.87. The van der Waals surface area contributed by atoms with Crippen LogP contribution in [0.5, 0.6) is 0 Å². The van der Waals surface area contributed by atoms with Crippen molar-refractivity contribution in [3.8, 4) is 0 Å². The van der Waals surface area contributed by atoms with E-state index in [1.165, 1.54) is 0 Å². The van der Waals surface area contributed by atoms with Crippen molar-refractivity contribution in [1.82, 2.24) is 14.9 Å². The molecule has 2 rings (SSSR count). The summed E-state index contributed by atoms with van der Waals surface area (Å²) in [5.41, 5.74) is 2.08. The Kier molecular flexibility index (Phi) is 4.35. The second-order valence-electron chi connectivity index (χ2n) is 6.49. The Morgan fingerprint density at radius 2 is 2.10 bits per heavy atom. The van der Waals surface area contributed by atoms with E-state index >= 15 is 0 Å². The summed E-state index contributed by atoms with van der Waals surface area (Å²) in [5, 5.41) is 4.13. The Labute approximate surface area is 129 Å². The van der Waals surface area contributed by atoms with Crippen molar-refractivity contribution < 1.29 is 0 Å². The fraction of sp³-hybridized carbons (Fsp3) is 0.500. The fourth-order valence-corrected chi connectivity index (χ4v) is 3.06. The van der Waals surface area contributed by atoms with Crippen molar-refractivity contribution in [3.05, 3.63) is 39.3 Å². The second kappa shape index (κ2) is 5.73. The number of nitrogens with zero attached hydrogens (tertiary/aromatic N) is 2. The predicted octanol–water partition coefficient (Wildman–Crippen LogP) is 3.02. The molecule has 4 nitrogen and oxygen atoms in total. The molecule has 114 valence electrons. The minimum atomic E-state index is 0.0266.